The SMILES string of the molecule is [C-]#[N+]c1cc(-c2ccc(C(F)(F)F)nc2)c(C(=O)OC)cn1. The van der Waals surface area contributed by atoms with E-state index in [0.717, 1.165) is 18.5 Å². The maximum Gasteiger partial charge on any atom is 0.433 e. The zero-order valence-corrected chi connectivity index (χ0v) is 11.2. The fourth-order valence-corrected chi connectivity index (χ4v) is 1.74. The summed E-state index contributed by atoms with van der Waals surface area (Å²) < 4.78 is 42.1. The molecule has 0 bridgehead atoms. The highest BCUT2D eigenvalue weighted by Crippen LogP contribution is 2.31. The minimum absolute atomic E-state index is 0.00236. The van der Waals surface area contributed by atoms with Crippen LogP contribution in [0.2, 0.25) is 0 Å². The summed E-state index contributed by atoms with van der Waals surface area (Å²) in [4.78, 5) is 21.9. The lowest BCUT2D eigenvalue weighted by atomic mass is 10.0. The maximum atomic E-state index is 12.5. The van der Waals surface area contributed by atoms with Gasteiger partial charge in [-0.15, -0.1) is 4.98 Å². The number of alkyl halides is 3. The van der Waals surface area contributed by atoms with E-state index in [1.807, 2.05) is 0 Å². The minimum Gasteiger partial charge on any atom is -0.465 e. The Kier molecular flexibility index (Phi) is 4.08. The predicted octanol–water partition coefficient (Wildman–Crippen LogP) is 3.50. The molecule has 2 aromatic rings. The number of ether oxygens (including phenoxy) is 1. The standard InChI is InChI=1S/C14H8F3N3O2/c1-18-12-5-9(10(7-20-12)13(21)22-2)8-3-4-11(19-6-8)14(15,16)17/h3-7H,2H3. The number of aromatic nitrogens is 2. The fourth-order valence-electron chi connectivity index (χ4n) is 1.74. The molecule has 0 aromatic carbocycles. The number of esters is 1. The zero-order valence-electron chi connectivity index (χ0n) is 11.2. The van der Waals surface area contributed by atoms with Crippen LogP contribution in [-0.4, -0.2) is 23.0 Å². The summed E-state index contributed by atoms with van der Waals surface area (Å²) in [6, 6.07) is 3.27. The van der Waals surface area contributed by atoms with Gasteiger partial charge in [0.1, 0.15) is 17.5 Å². The summed E-state index contributed by atoms with van der Waals surface area (Å²) in [7, 11) is 1.17. The molecule has 0 amide bonds. The van der Waals surface area contributed by atoms with Crippen molar-refractivity contribution in [3.63, 3.8) is 0 Å². The van der Waals surface area contributed by atoms with Crippen LogP contribution < -0.4 is 0 Å². The molecule has 0 aliphatic heterocycles. The van der Waals surface area contributed by atoms with Gasteiger partial charge in [-0.2, -0.15) is 13.2 Å². The Labute approximate surface area is 123 Å². The molecule has 8 heteroatoms. The van der Waals surface area contributed by atoms with Crippen molar-refractivity contribution >= 4 is 11.8 Å². The van der Waals surface area contributed by atoms with E-state index >= 15 is 0 Å². The molecule has 2 rings (SSSR count). The monoisotopic (exact) mass is 307 g/mol. The smallest absolute Gasteiger partial charge is 0.433 e. The number of hydrogen-bond donors (Lipinski definition) is 0. The highest BCUT2D eigenvalue weighted by atomic mass is 19.4. The van der Waals surface area contributed by atoms with Gasteiger partial charge in [0, 0.05) is 6.20 Å². The zero-order chi connectivity index (χ0) is 16.3. The van der Waals surface area contributed by atoms with Gasteiger partial charge in [-0.05, 0) is 23.3 Å². The molecule has 0 unspecified atom stereocenters. The summed E-state index contributed by atoms with van der Waals surface area (Å²) >= 11 is 0. The first-order valence-corrected chi connectivity index (χ1v) is 5.86. The molecular weight excluding hydrogens is 299 g/mol. The summed E-state index contributed by atoms with van der Waals surface area (Å²) in [6.07, 6.45) is -2.42. The molecule has 0 atom stereocenters. The number of carbonyl (C=O) groups is 1. The highest BCUT2D eigenvalue weighted by molar-refractivity contribution is 5.97. The lowest BCUT2D eigenvalue weighted by Crippen LogP contribution is -2.08. The first kappa shape index (κ1) is 15.4. The van der Waals surface area contributed by atoms with Crippen LogP contribution >= 0.6 is 0 Å². The molecule has 0 aliphatic rings. The van der Waals surface area contributed by atoms with Crippen LogP contribution in [0.4, 0.5) is 19.0 Å². The van der Waals surface area contributed by atoms with Gasteiger partial charge >= 0.3 is 12.1 Å². The third-order valence-corrected chi connectivity index (χ3v) is 2.77. The Morgan fingerprint density at radius 3 is 2.50 bits per heavy atom. The van der Waals surface area contributed by atoms with E-state index < -0.39 is 17.8 Å². The van der Waals surface area contributed by atoms with Crippen molar-refractivity contribution < 1.29 is 22.7 Å². The number of rotatable bonds is 2. The summed E-state index contributed by atoms with van der Waals surface area (Å²) in [6.45, 7) is 6.92. The van der Waals surface area contributed by atoms with Crippen LogP contribution in [0.25, 0.3) is 16.0 Å². The molecule has 112 valence electrons. The van der Waals surface area contributed by atoms with Crippen molar-refractivity contribution in [2.45, 2.75) is 6.18 Å². The summed E-state index contributed by atoms with van der Waals surface area (Å²) in [5.74, 6) is -0.707. The lowest BCUT2D eigenvalue weighted by Gasteiger charge is -2.09. The largest absolute Gasteiger partial charge is 0.465 e. The average Bonchev–Trinajstić information content (AvgIpc) is 2.52. The van der Waals surface area contributed by atoms with Gasteiger partial charge in [0.25, 0.3) is 5.82 Å². The number of pyridine rings is 2. The second kappa shape index (κ2) is 5.81. The third kappa shape index (κ3) is 3.03. The van der Waals surface area contributed by atoms with Crippen LogP contribution in [0, 0.1) is 6.57 Å². The van der Waals surface area contributed by atoms with E-state index in [9.17, 15) is 18.0 Å². The molecule has 0 saturated heterocycles. The van der Waals surface area contributed by atoms with E-state index in [1.165, 1.54) is 19.2 Å². The Morgan fingerprint density at radius 2 is 2.00 bits per heavy atom. The highest BCUT2D eigenvalue weighted by Gasteiger charge is 2.32. The Hall–Kier alpha value is -2.95. The molecule has 2 heterocycles. The van der Waals surface area contributed by atoms with Crippen molar-refractivity contribution in [2.24, 2.45) is 0 Å². The van der Waals surface area contributed by atoms with Crippen molar-refractivity contribution in [2.75, 3.05) is 7.11 Å². The molecule has 0 saturated carbocycles. The maximum absolute atomic E-state index is 12.5. The van der Waals surface area contributed by atoms with Crippen LogP contribution in [0.3, 0.4) is 0 Å². The second-order valence-electron chi connectivity index (χ2n) is 4.12. The molecule has 5 nitrogen and oxygen atoms in total. The van der Waals surface area contributed by atoms with Crippen molar-refractivity contribution in [3.05, 3.63) is 53.3 Å². The van der Waals surface area contributed by atoms with Gasteiger partial charge in [0.2, 0.25) is 0 Å². The molecule has 0 N–H and O–H groups in total. The molecule has 0 fully saturated rings. The topological polar surface area (TPSA) is 56.4 Å². The van der Waals surface area contributed by atoms with E-state index in [2.05, 4.69) is 19.5 Å². The quantitative estimate of drug-likeness (QED) is 0.629. The molecule has 0 aliphatic carbocycles. The fraction of sp³-hybridized carbons (Fsp3) is 0.143. The van der Waals surface area contributed by atoms with Crippen molar-refractivity contribution in [3.8, 4) is 11.1 Å². The van der Waals surface area contributed by atoms with E-state index in [1.54, 1.807) is 0 Å². The van der Waals surface area contributed by atoms with E-state index in [-0.39, 0.29) is 22.5 Å². The van der Waals surface area contributed by atoms with Crippen LogP contribution in [0.1, 0.15) is 16.1 Å². The number of carbonyl (C=O) groups excluding carboxylic acids is 1. The summed E-state index contributed by atoms with van der Waals surface area (Å²) in [5.41, 5.74) is -0.526. The van der Waals surface area contributed by atoms with Crippen LogP contribution in [0.15, 0.2) is 30.6 Å². The van der Waals surface area contributed by atoms with Gasteiger partial charge < -0.3 is 9.58 Å². The second-order valence-corrected chi connectivity index (χ2v) is 4.12. The molecule has 22 heavy (non-hydrogen) atoms. The molecular formula is C14H8F3N3O2. The van der Waals surface area contributed by atoms with Crippen molar-refractivity contribution in [1.82, 2.24) is 9.97 Å². The lowest BCUT2D eigenvalue weighted by molar-refractivity contribution is -0.141. The number of nitrogens with zero attached hydrogens (tertiary/aromatic N) is 3. The molecule has 0 spiro atoms. The third-order valence-electron chi connectivity index (χ3n) is 2.77. The minimum atomic E-state index is -4.55. The molecule has 2 aromatic heterocycles. The summed E-state index contributed by atoms with van der Waals surface area (Å²) in [5, 5.41) is 0. The van der Waals surface area contributed by atoms with Crippen LogP contribution in [0.5, 0.6) is 0 Å². The average molecular weight is 307 g/mol. The van der Waals surface area contributed by atoms with Gasteiger partial charge in [0.05, 0.1) is 7.11 Å². The Balaban J connectivity index is 2.55. The first-order valence-electron chi connectivity index (χ1n) is 5.86. The van der Waals surface area contributed by atoms with Gasteiger partial charge in [-0.1, -0.05) is 12.6 Å². The molecule has 0 radical (unpaired) electrons. The van der Waals surface area contributed by atoms with Gasteiger partial charge in [-0.25, -0.2) is 4.79 Å². The van der Waals surface area contributed by atoms with E-state index in [4.69, 9.17) is 6.57 Å². The van der Waals surface area contributed by atoms with E-state index in [0.29, 0.717) is 0 Å². The van der Waals surface area contributed by atoms with Gasteiger partial charge in [0.15, 0.2) is 0 Å². The Bertz CT molecular complexity index is 749. The number of hydrogen-bond acceptors (Lipinski definition) is 4. The van der Waals surface area contributed by atoms with Crippen LogP contribution in [-0.2, 0) is 10.9 Å². The Morgan fingerprint density at radius 1 is 1.27 bits per heavy atom. The first-order chi connectivity index (χ1) is 10.4. The number of methoxy groups -OCH3 is 1. The number of halogens is 3. The van der Waals surface area contributed by atoms with Crippen molar-refractivity contribution in [1.29, 1.82) is 0 Å². The van der Waals surface area contributed by atoms with Gasteiger partial charge in [-0.3, -0.25) is 4.98 Å². The normalized spacial score (nSPS) is 10.9. The predicted molar refractivity (Wildman–Crippen MR) is 70.1 cm³/mol.